The number of rotatable bonds is 6. The van der Waals surface area contributed by atoms with Gasteiger partial charge >= 0.3 is 0 Å². The van der Waals surface area contributed by atoms with E-state index in [-0.39, 0.29) is 11.8 Å². The van der Waals surface area contributed by atoms with E-state index in [9.17, 15) is 9.90 Å². The van der Waals surface area contributed by atoms with E-state index in [1.54, 1.807) is 0 Å². The summed E-state index contributed by atoms with van der Waals surface area (Å²) in [6.07, 6.45) is 3.82. The van der Waals surface area contributed by atoms with Crippen LogP contribution in [-0.4, -0.2) is 46.3 Å². The molecule has 23 heavy (non-hydrogen) atoms. The lowest BCUT2D eigenvalue weighted by molar-refractivity contribution is -0.133. The molecule has 0 unspecified atom stereocenters. The number of nitrogens with one attached hydrogen (secondary N) is 1. The molecule has 2 N–H and O–H groups in total. The highest BCUT2D eigenvalue weighted by Gasteiger charge is 2.33. The largest absolute Gasteiger partial charge is 0.383 e. The fraction of sp³-hybridized carbons (Fsp3) is 0.765. The third-order valence-electron chi connectivity index (χ3n) is 5.05. The normalized spacial score (nSPS) is 21.3. The Hall–Kier alpha value is -1.40. The molecule has 0 bridgehead atoms. The van der Waals surface area contributed by atoms with Crippen LogP contribution >= 0.6 is 0 Å². The highest BCUT2D eigenvalue weighted by atomic mass is 16.5. The van der Waals surface area contributed by atoms with Crippen molar-refractivity contribution >= 4 is 5.91 Å². The van der Waals surface area contributed by atoms with Gasteiger partial charge in [-0.1, -0.05) is 12.1 Å². The van der Waals surface area contributed by atoms with Crippen molar-refractivity contribution < 1.29 is 14.4 Å². The number of hydrogen-bond acceptors (Lipinski definition) is 5. The molecular weight excluding hydrogens is 294 g/mol. The summed E-state index contributed by atoms with van der Waals surface area (Å²) >= 11 is 0. The molecule has 128 valence electrons. The van der Waals surface area contributed by atoms with Gasteiger partial charge < -0.3 is 14.9 Å². The monoisotopic (exact) mass is 321 g/mol. The van der Waals surface area contributed by atoms with Gasteiger partial charge in [-0.3, -0.25) is 9.69 Å². The first-order chi connectivity index (χ1) is 11.1. The third kappa shape index (κ3) is 3.93. The quantitative estimate of drug-likeness (QED) is 0.828. The number of carbonyl (C=O) groups is 1. The lowest BCUT2D eigenvalue weighted by Crippen LogP contribution is -2.45. The van der Waals surface area contributed by atoms with Gasteiger partial charge in [0.05, 0.1) is 5.69 Å². The van der Waals surface area contributed by atoms with Crippen molar-refractivity contribution in [2.45, 2.75) is 64.6 Å². The van der Waals surface area contributed by atoms with Crippen LogP contribution in [0.1, 0.15) is 49.6 Å². The predicted molar refractivity (Wildman–Crippen MR) is 85.8 cm³/mol. The van der Waals surface area contributed by atoms with E-state index in [1.807, 2.05) is 6.92 Å². The number of likely N-dealkylation sites (tertiary alicyclic amines) is 1. The molecule has 1 aromatic heterocycles. The summed E-state index contributed by atoms with van der Waals surface area (Å²) in [6, 6.07) is 0.307. The summed E-state index contributed by atoms with van der Waals surface area (Å²) in [5, 5.41) is 17.2. The van der Waals surface area contributed by atoms with Crippen LogP contribution in [-0.2, 0) is 17.8 Å². The molecule has 3 rings (SSSR count). The standard InChI is InChI=1S/C17H27N3O3/c1-3-15-14(11(2)23-19-15)10-20-8-6-12(7-9-20)16(21)17(22)18-13-4-5-13/h12-13,16,21H,3-10H2,1-2H3,(H,18,22)/t16-/m1/s1. The van der Waals surface area contributed by atoms with E-state index in [0.29, 0.717) is 6.04 Å². The van der Waals surface area contributed by atoms with Crippen LogP contribution in [0.5, 0.6) is 0 Å². The molecule has 2 aliphatic rings. The maximum Gasteiger partial charge on any atom is 0.249 e. The highest BCUT2D eigenvalue weighted by Crippen LogP contribution is 2.25. The molecule has 0 radical (unpaired) electrons. The molecule has 1 aliphatic carbocycles. The Morgan fingerprint density at radius 1 is 1.39 bits per heavy atom. The summed E-state index contributed by atoms with van der Waals surface area (Å²) in [5.41, 5.74) is 2.23. The van der Waals surface area contributed by atoms with Crippen molar-refractivity contribution in [3.8, 4) is 0 Å². The van der Waals surface area contributed by atoms with Crippen molar-refractivity contribution in [3.63, 3.8) is 0 Å². The molecule has 1 amide bonds. The number of carbonyl (C=O) groups excluding carboxylic acids is 1. The summed E-state index contributed by atoms with van der Waals surface area (Å²) in [5.74, 6) is 0.779. The molecule has 0 spiro atoms. The molecule has 6 nitrogen and oxygen atoms in total. The van der Waals surface area contributed by atoms with E-state index in [4.69, 9.17) is 4.52 Å². The second-order valence-electron chi connectivity index (χ2n) is 6.86. The van der Waals surface area contributed by atoms with Crippen molar-refractivity contribution in [1.29, 1.82) is 0 Å². The zero-order valence-corrected chi connectivity index (χ0v) is 14.0. The Bertz CT molecular complexity index is 545. The van der Waals surface area contributed by atoms with Gasteiger partial charge in [-0.2, -0.15) is 0 Å². The number of aromatic nitrogens is 1. The minimum Gasteiger partial charge on any atom is -0.383 e. The van der Waals surface area contributed by atoms with Gasteiger partial charge in [0.2, 0.25) is 5.91 Å². The molecule has 1 saturated heterocycles. The molecule has 1 saturated carbocycles. The number of aliphatic hydroxyl groups excluding tert-OH is 1. The average molecular weight is 321 g/mol. The molecule has 2 heterocycles. The van der Waals surface area contributed by atoms with Gasteiger partial charge in [0, 0.05) is 18.2 Å². The van der Waals surface area contributed by atoms with Crippen molar-refractivity contribution in [2.75, 3.05) is 13.1 Å². The lowest BCUT2D eigenvalue weighted by Gasteiger charge is -2.33. The van der Waals surface area contributed by atoms with Gasteiger partial charge in [-0.15, -0.1) is 0 Å². The molecule has 0 aromatic carbocycles. The topological polar surface area (TPSA) is 78.6 Å². The van der Waals surface area contributed by atoms with Gasteiger partial charge in [-0.05, 0) is 58.0 Å². The van der Waals surface area contributed by atoms with Gasteiger partial charge in [0.1, 0.15) is 11.9 Å². The van der Waals surface area contributed by atoms with Crippen molar-refractivity contribution in [1.82, 2.24) is 15.4 Å². The van der Waals surface area contributed by atoms with Crippen LogP contribution in [0.4, 0.5) is 0 Å². The predicted octanol–water partition coefficient (Wildman–Crippen LogP) is 1.40. The number of piperidine rings is 1. The van der Waals surface area contributed by atoms with Crippen LogP contribution < -0.4 is 5.32 Å². The van der Waals surface area contributed by atoms with Crippen LogP contribution in [0.15, 0.2) is 4.52 Å². The first-order valence-corrected chi connectivity index (χ1v) is 8.73. The zero-order chi connectivity index (χ0) is 16.4. The fourth-order valence-corrected chi connectivity index (χ4v) is 3.30. The van der Waals surface area contributed by atoms with Crippen LogP contribution in [0, 0.1) is 12.8 Å². The van der Waals surface area contributed by atoms with Gasteiger partial charge in [-0.25, -0.2) is 0 Å². The lowest BCUT2D eigenvalue weighted by atomic mass is 9.90. The summed E-state index contributed by atoms with van der Waals surface area (Å²) in [7, 11) is 0. The fourth-order valence-electron chi connectivity index (χ4n) is 3.30. The maximum atomic E-state index is 12.0. The highest BCUT2D eigenvalue weighted by molar-refractivity contribution is 5.81. The van der Waals surface area contributed by atoms with Crippen LogP contribution in [0.25, 0.3) is 0 Å². The molecule has 1 aliphatic heterocycles. The Kier molecular flexibility index (Phi) is 5.02. The number of hydrogen-bond donors (Lipinski definition) is 2. The number of aryl methyl sites for hydroxylation is 2. The summed E-state index contributed by atoms with van der Waals surface area (Å²) in [6.45, 7) is 6.68. The van der Waals surface area contributed by atoms with E-state index >= 15 is 0 Å². The molecule has 1 atom stereocenters. The number of amides is 1. The molecule has 2 fully saturated rings. The van der Waals surface area contributed by atoms with Crippen LogP contribution in [0.3, 0.4) is 0 Å². The number of aliphatic hydroxyl groups is 1. The van der Waals surface area contributed by atoms with Gasteiger partial charge in [0.15, 0.2) is 0 Å². The van der Waals surface area contributed by atoms with Crippen LogP contribution in [0.2, 0.25) is 0 Å². The Labute approximate surface area is 137 Å². The third-order valence-corrected chi connectivity index (χ3v) is 5.05. The SMILES string of the molecule is CCc1noc(C)c1CN1CCC([C@@H](O)C(=O)NC2CC2)CC1. The first kappa shape index (κ1) is 16.5. The Balaban J connectivity index is 1.49. The van der Waals surface area contributed by atoms with E-state index in [0.717, 1.165) is 63.2 Å². The first-order valence-electron chi connectivity index (χ1n) is 8.73. The Morgan fingerprint density at radius 2 is 2.09 bits per heavy atom. The molecular formula is C17H27N3O3. The number of nitrogens with zero attached hydrogens (tertiary/aromatic N) is 2. The Morgan fingerprint density at radius 3 is 2.70 bits per heavy atom. The van der Waals surface area contributed by atoms with Crippen molar-refractivity contribution in [3.05, 3.63) is 17.0 Å². The minimum atomic E-state index is -0.860. The maximum absolute atomic E-state index is 12.0. The second kappa shape index (κ2) is 7.01. The molecule has 1 aromatic rings. The average Bonchev–Trinajstić information content (AvgIpc) is 3.31. The smallest absolute Gasteiger partial charge is 0.249 e. The van der Waals surface area contributed by atoms with Gasteiger partial charge in [0.25, 0.3) is 0 Å². The van der Waals surface area contributed by atoms with E-state index in [2.05, 4.69) is 22.3 Å². The van der Waals surface area contributed by atoms with E-state index in [1.165, 1.54) is 5.56 Å². The van der Waals surface area contributed by atoms with Crippen molar-refractivity contribution in [2.24, 2.45) is 5.92 Å². The zero-order valence-electron chi connectivity index (χ0n) is 14.0. The van der Waals surface area contributed by atoms with E-state index < -0.39 is 6.10 Å². The second-order valence-corrected chi connectivity index (χ2v) is 6.86. The molecule has 6 heteroatoms. The summed E-state index contributed by atoms with van der Waals surface area (Å²) in [4.78, 5) is 14.3. The summed E-state index contributed by atoms with van der Waals surface area (Å²) < 4.78 is 5.29. The minimum absolute atomic E-state index is 0.0687.